The minimum absolute atomic E-state index is 0.00489. The molecule has 0 fully saturated rings. The number of esters is 1. The lowest BCUT2D eigenvalue weighted by Gasteiger charge is -2.14. The average molecular weight is 397 g/mol. The van der Waals surface area contributed by atoms with Crippen molar-refractivity contribution in [3.05, 3.63) is 65.1 Å². The molecule has 150 valence electrons. The van der Waals surface area contributed by atoms with Crippen molar-refractivity contribution in [2.45, 2.75) is 13.8 Å². The second kappa shape index (κ2) is 8.55. The Bertz CT molecular complexity index is 1030. The maximum absolute atomic E-state index is 13.7. The molecule has 0 aliphatic carbocycles. The van der Waals surface area contributed by atoms with Crippen LogP contribution in [-0.2, 0) is 9.53 Å². The van der Waals surface area contributed by atoms with E-state index in [2.05, 4.69) is 15.6 Å². The summed E-state index contributed by atoms with van der Waals surface area (Å²) in [5.41, 5.74) is 1.69. The molecule has 8 heteroatoms. The summed E-state index contributed by atoms with van der Waals surface area (Å²) in [7, 11) is 1.38. The van der Waals surface area contributed by atoms with Crippen LogP contribution < -0.4 is 15.4 Å². The summed E-state index contributed by atoms with van der Waals surface area (Å²) < 4.78 is 24.0. The van der Waals surface area contributed by atoms with E-state index in [9.17, 15) is 14.0 Å². The number of hydrogen-bond donors (Lipinski definition) is 2. The van der Waals surface area contributed by atoms with Gasteiger partial charge in [-0.25, -0.2) is 14.2 Å². The highest BCUT2D eigenvalue weighted by atomic mass is 19.1. The van der Waals surface area contributed by atoms with E-state index in [4.69, 9.17) is 9.47 Å². The number of amides is 1. The monoisotopic (exact) mass is 397 g/mol. The number of carbonyl (C=O) groups is 2. The van der Waals surface area contributed by atoms with E-state index < -0.39 is 17.7 Å². The van der Waals surface area contributed by atoms with Crippen molar-refractivity contribution >= 4 is 29.1 Å². The number of hydrogen-bond acceptors (Lipinski definition) is 6. The average Bonchev–Trinajstić information content (AvgIpc) is 2.83. The second-order valence-corrected chi connectivity index (χ2v) is 6.12. The summed E-state index contributed by atoms with van der Waals surface area (Å²) in [5, 5.41) is 5.72. The molecule has 1 heterocycles. The summed E-state index contributed by atoms with van der Waals surface area (Å²) in [4.78, 5) is 29.9. The quantitative estimate of drug-likeness (QED) is 0.770. The number of halogens is 1. The molecule has 0 spiro atoms. The van der Waals surface area contributed by atoms with Crippen molar-refractivity contribution in [3.63, 3.8) is 0 Å². The summed E-state index contributed by atoms with van der Waals surface area (Å²) in [6.45, 7) is 3.51. The molecule has 3 rings (SSSR count). The molecule has 2 aromatic carbocycles. The smallest absolute Gasteiger partial charge is 0.343 e. The highest BCUT2D eigenvalue weighted by molar-refractivity contribution is 6.26. The van der Waals surface area contributed by atoms with Crippen LogP contribution in [0.15, 0.2) is 58.7 Å². The molecule has 0 radical (unpaired) electrons. The molecule has 0 unspecified atom stereocenters. The van der Waals surface area contributed by atoms with Gasteiger partial charge in [0, 0.05) is 5.70 Å². The summed E-state index contributed by atoms with van der Waals surface area (Å²) >= 11 is 0. The van der Waals surface area contributed by atoms with Gasteiger partial charge in [0.2, 0.25) is 0 Å². The zero-order valence-electron chi connectivity index (χ0n) is 16.2. The third-order valence-electron chi connectivity index (χ3n) is 4.19. The molecule has 2 aromatic rings. The summed E-state index contributed by atoms with van der Waals surface area (Å²) in [6, 6.07) is 10.7. The molecule has 0 bridgehead atoms. The van der Waals surface area contributed by atoms with Crippen LogP contribution in [0.2, 0.25) is 0 Å². The van der Waals surface area contributed by atoms with Crippen LogP contribution >= 0.6 is 0 Å². The number of nitrogens with zero attached hydrogens (tertiary/aromatic N) is 1. The van der Waals surface area contributed by atoms with Gasteiger partial charge >= 0.3 is 5.97 Å². The van der Waals surface area contributed by atoms with Gasteiger partial charge in [0.15, 0.2) is 0 Å². The Kier molecular flexibility index (Phi) is 5.92. The molecule has 0 aromatic heterocycles. The maximum Gasteiger partial charge on any atom is 0.343 e. The van der Waals surface area contributed by atoms with Gasteiger partial charge in [-0.15, -0.1) is 0 Å². The zero-order valence-corrected chi connectivity index (χ0v) is 16.2. The van der Waals surface area contributed by atoms with Gasteiger partial charge in [0.1, 0.15) is 23.0 Å². The van der Waals surface area contributed by atoms with Gasteiger partial charge in [-0.3, -0.25) is 4.79 Å². The van der Waals surface area contributed by atoms with Crippen molar-refractivity contribution in [3.8, 4) is 5.75 Å². The third-order valence-corrected chi connectivity index (χ3v) is 4.19. The number of benzene rings is 2. The van der Waals surface area contributed by atoms with Crippen LogP contribution in [0.4, 0.5) is 15.8 Å². The largest absolute Gasteiger partial charge is 0.496 e. The lowest BCUT2D eigenvalue weighted by Crippen LogP contribution is -2.35. The molecule has 0 saturated carbocycles. The number of ether oxygens (including phenoxy) is 2. The molecule has 0 atom stereocenters. The lowest BCUT2D eigenvalue weighted by atomic mass is 10.1. The van der Waals surface area contributed by atoms with Gasteiger partial charge < -0.3 is 20.1 Å². The minimum atomic E-state index is -0.672. The predicted octanol–water partition coefficient (Wildman–Crippen LogP) is 3.56. The molecular formula is C21H20FN3O4. The van der Waals surface area contributed by atoms with E-state index in [-0.39, 0.29) is 29.3 Å². The summed E-state index contributed by atoms with van der Waals surface area (Å²) in [6.07, 6.45) is 0. The van der Waals surface area contributed by atoms with Gasteiger partial charge in [-0.2, -0.15) is 0 Å². The topological polar surface area (TPSA) is 89.0 Å². The number of carbonyl (C=O) groups excluding carboxylic acids is 2. The van der Waals surface area contributed by atoms with Crippen LogP contribution in [0.1, 0.15) is 24.2 Å². The fourth-order valence-electron chi connectivity index (χ4n) is 2.87. The van der Waals surface area contributed by atoms with E-state index in [1.165, 1.54) is 19.2 Å². The Labute approximate surface area is 167 Å². The number of amidine groups is 1. The Balaban J connectivity index is 2.07. The molecule has 1 amide bonds. The number of anilines is 1. The van der Waals surface area contributed by atoms with Crippen molar-refractivity contribution in [1.82, 2.24) is 5.32 Å². The van der Waals surface area contributed by atoms with Gasteiger partial charge in [-0.1, -0.05) is 12.1 Å². The number of aliphatic imine (C=N–C) groups is 1. The normalized spacial score (nSPS) is 12.9. The summed E-state index contributed by atoms with van der Waals surface area (Å²) in [5.74, 6) is -1.72. The van der Waals surface area contributed by atoms with Crippen molar-refractivity contribution in [1.29, 1.82) is 0 Å². The van der Waals surface area contributed by atoms with E-state index in [1.54, 1.807) is 32.0 Å². The van der Waals surface area contributed by atoms with Crippen LogP contribution in [0.5, 0.6) is 5.75 Å². The Morgan fingerprint density at radius 1 is 1.21 bits per heavy atom. The fourth-order valence-corrected chi connectivity index (χ4v) is 2.87. The first kappa shape index (κ1) is 20.1. The first-order chi connectivity index (χ1) is 13.9. The standard InChI is InChI=1S/C21H20FN3O4/c1-4-29-21(27)18-12(2)23-15-7-5-6-8-16(15)24-19(18)25-20(26)14-11-13(22)9-10-17(14)28-3/h5-11,23H,4H2,1-3H3,(H,24,25,26). The SMILES string of the molecule is CCOC(=O)C1=C(C)Nc2ccccc2N=C1NC(=O)c1cc(F)ccc1OC. The number of nitrogens with one attached hydrogen (secondary N) is 2. The van der Waals surface area contributed by atoms with Crippen molar-refractivity contribution in [2.24, 2.45) is 4.99 Å². The Hall–Kier alpha value is -3.68. The Morgan fingerprint density at radius 3 is 2.69 bits per heavy atom. The number of rotatable bonds is 4. The molecular weight excluding hydrogens is 377 g/mol. The van der Waals surface area contributed by atoms with E-state index in [0.29, 0.717) is 17.1 Å². The zero-order chi connectivity index (χ0) is 21.0. The fraction of sp³-hybridized carbons (Fsp3) is 0.190. The maximum atomic E-state index is 13.7. The molecule has 29 heavy (non-hydrogen) atoms. The molecule has 7 nitrogen and oxygen atoms in total. The van der Waals surface area contributed by atoms with Crippen LogP contribution in [-0.4, -0.2) is 31.4 Å². The van der Waals surface area contributed by atoms with Gasteiger partial charge in [-0.05, 0) is 44.2 Å². The highest BCUT2D eigenvalue weighted by Gasteiger charge is 2.27. The van der Waals surface area contributed by atoms with Gasteiger partial charge in [0.05, 0.1) is 30.7 Å². The second-order valence-electron chi connectivity index (χ2n) is 6.12. The molecule has 2 N–H and O–H groups in total. The molecule has 1 aliphatic heterocycles. The number of allylic oxidation sites excluding steroid dienone is 1. The van der Waals surface area contributed by atoms with E-state index in [1.807, 2.05) is 6.07 Å². The van der Waals surface area contributed by atoms with Crippen LogP contribution in [0.3, 0.4) is 0 Å². The van der Waals surface area contributed by atoms with Crippen molar-refractivity contribution < 1.29 is 23.5 Å². The van der Waals surface area contributed by atoms with E-state index >= 15 is 0 Å². The van der Waals surface area contributed by atoms with E-state index in [0.717, 1.165) is 6.07 Å². The lowest BCUT2D eigenvalue weighted by molar-refractivity contribution is -0.137. The first-order valence-corrected chi connectivity index (χ1v) is 8.92. The molecule has 1 aliphatic rings. The third kappa shape index (κ3) is 4.26. The molecule has 0 saturated heterocycles. The van der Waals surface area contributed by atoms with Gasteiger partial charge in [0.25, 0.3) is 5.91 Å². The highest BCUT2D eigenvalue weighted by Crippen LogP contribution is 2.30. The first-order valence-electron chi connectivity index (χ1n) is 8.92. The van der Waals surface area contributed by atoms with Crippen molar-refractivity contribution in [2.75, 3.05) is 19.0 Å². The number of fused-ring (bicyclic) bond motifs is 1. The van der Waals surface area contributed by atoms with Crippen LogP contribution in [0, 0.1) is 5.82 Å². The van der Waals surface area contributed by atoms with Crippen LogP contribution in [0.25, 0.3) is 0 Å². The number of para-hydroxylation sites is 2. The number of methoxy groups -OCH3 is 1. The Morgan fingerprint density at radius 2 is 1.97 bits per heavy atom. The minimum Gasteiger partial charge on any atom is -0.496 e. The predicted molar refractivity (Wildman–Crippen MR) is 107 cm³/mol.